The van der Waals surface area contributed by atoms with Gasteiger partial charge in [-0.3, -0.25) is 0 Å². The molecular formula is C27H28FN5O. The van der Waals surface area contributed by atoms with Crippen molar-refractivity contribution in [1.82, 2.24) is 14.6 Å². The first kappa shape index (κ1) is 21.0. The average Bonchev–Trinajstić information content (AvgIpc) is 3.31. The van der Waals surface area contributed by atoms with Crippen LogP contribution in [0.3, 0.4) is 0 Å². The van der Waals surface area contributed by atoms with Crippen LogP contribution in [0.5, 0.6) is 5.75 Å². The van der Waals surface area contributed by atoms with Gasteiger partial charge in [0.25, 0.3) is 0 Å². The molecule has 2 aromatic heterocycles. The van der Waals surface area contributed by atoms with Gasteiger partial charge >= 0.3 is 0 Å². The van der Waals surface area contributed by atoms with Crippen molar-refractivity contribution in [3.8, 4) is 17.0 Å². The Morgan fingerprint density at radius 1 is 0.882 bits per heavy atom. The molecule has 2 aliphatic rings. The Morgan fingerprint density at radius 3 is 2.38 bits per heavy atom. The lowest BCUT2D eigenvalue weighted by Crippen LogP contribution is -2.48. The zero-order valence-corrected chi connectivity index (χ0v) is 19.4. The molecule has 4 aromatic rings. The van der Waals surface area contributed by atoms with E-state index in [9.17, 15) is 4.39 Å². The molecule has 0 spiro atoms. The summed E-state index contributed by atoms with van der Waals surface area (Å²) in [5.41, 5.74) is 6.04. The topological polar surface area (TPSA) is 45.9 Å². The maximum Gasteiger partial charge on any atom is 0.158 e. The molecule has 0 saturated carbocycles. The fourth-order valence-electron chi connectivity index (χ4n) is 5.22. The highest BCUT2D eigenvalue weighted by molar-refractivity contribution is 5.68. The molecule has 7 heteroatoms. The van der Waals surface area contributed by atoms with Crippen LogP contribution in [-0.4, -0.2) is 47.9 Å². The van der Waals surface area contributed by atoms with Gasteiger partial charge < -0.3 is 14.5 Å². The Kier molecular flexibility index (Phi) is 5.32. The van der Waals surface area contributed by atoms with Gasteiger partial charge in [-0.1, -0.05) is 12.1 Å². The van der Waals surface area contributed by atoms with E-state index >= 15 is 0 Å². The maximum atomic E-state index is 14.4. The summed E-state index contributed by atoms with van der Waals surface area (Å²) in [6, 6.07) is 17.1. The molecule has 34 heavy (non-hydrogen) atoms. The summed E-state index contributed by atoms with van der Waals surface area (Å²) >= 11 is 0. The molecule has 1 aliphatic carbocycles. The molecule has 0 N–H and O–H groups in total. The predicted molar refractivity (Wildman–Crippen MR) is 132 cm³/mol. The van der Waals surface area contributed by atoms with Gasteiger partial charge in [-0.2, -0.15) is 9.61 Å². The van der Waals surface area contributed by atoms with E-state index in [0.29, 0.717) is 5.69 Å². The third-order valence-electron chi connectivity index (χ3n) is 7.01. The summed E-state index contributed by atoms with van der Waals surface area (Å²) in [4.78, 5) is 9.57. The van der Waals surface area contributed by atoms with Crippen molar-refractivity contribution in [2.75, 3.05) is 43.1 Å². The maximum absolute atomic E-state index is 14.4. The minimum Gasteiger partial charge on any atom is -0.497 e. The largest absolute Gasteiger partial charge is 0.497 e. The van der Waals surface area contributed by atoms with Crippen molar-refractivity contribution >= 4 is 17.2 Å². The number of hydrogen-bond donors (Lipinski definition) is 0. The number of hydrogen-bond acceptors (Lipinski definition) is 5. The number of anilines is 2. The molecular weight excluding hydrogens is 429 g/mol. The molecule has 0 bridgehead atoms. The van der Waals surface area contributed by atoms with Gasteiger partial charge in [0.2, 0.25) is 0 Å². The van der Waals surface area contributed by atoms with Crippen LogP contribution in [0.15, 0.2) is 54.6 Å². The molecule has 0 unspecified atom stereocenters. The van der Waals surface area contributed by atoms with Crippen LogP contribution in [0.4, 0.5) is 15.9 Å². The summed E-state index contributed by atoms with van der Waals surface area (Å²) < 4.78 is 21.7. The molecule has 1 saturated heterocycles. The Morgan fingerprint density at radius 2 is 1.62 bits per heavy atom. The van der Waals surface area contributed by atoms with Crippen molar-refractivity contribution < 1.29 is 9.13 Å². The summed E-state index contributed by atoms with van der Waals surface area (Å²) in [5.74, 6) is 1.83. The number of nitrogens with zero attached hydrogens (tertiary/aromatic N) is 5. The molecule has 6 rings (SSSR count). The number of piperazine rings is 1. The van der Waals surface area contributed by atoms with E-state index in [1.165, 1.54) is 30.2 Å². The summed E-state index contributed by atoms with van der Waals surface area (Å²) in [7, 11) is 1.67. The van der Waals surface area contributed by atoms with Crippen molar-refractivity contribution in [2.45, 2.75) is 25.7 Å². The Hall–Kier alpha value is -3.61. The van der Waals surface area contributed by atoms with Crippen LogP contribution in [-0.2, 0) is 12.8 Å². The van der Waals surface area contributed by atoms with Gasteiger partial charge in [0.15, 0.2) is 5.65 Å². The fourth-order valence-corrected chi connectivity index (χ4v) is 5.22. The van der Waals surface area contributed by atoms with Crippen LogP contribution < -0.4 is 14.5 Å². The molecule has 2 aromatic carbocycles. The highest BCUT2D eigenvalue weighted by atomic mass is 19.1. The second-order valence-corrected chi connectivity index (χ2v) is 9.02. The number of fused-ring (bicyclic) bond motifs is 2. The average molecular weight is 458 g/mol. The number of aryl methyl sites for hydroxylation is 1. The van der Waals surface area contributed by atoms with Gasteiger partial charge in [0, 0.05) is 49.1 Å². The van der Waals surface area contributed by atoms with E-state index < -0.39 is 0 Å². The van der Waals surface area contributed by atoms with E-state index in [1.54, 1.807) is 13.2 Å². The van der Waals surface area contributed by atoms with Crippen LogP contribution in [0.2, 0.25) is 0 Å². The highest BCUT2D eigenvalue weighted by Gasteiger charge is 2.27. The third kappa shape index (κ3) is 3.65. The zero-order chi connectivity index (χ0) is 23.1. The highest BCUT2D eigenvalue weighted by Crippen LogP contribution is 2.33. The van der Waals surface area contributed by atoms with Crippen molar-refractivity contribution in [3.63, 3.8) is 0 Å². The molecule has 0 amide bonds. The number of rotatable bonds is 4. The molecule has 1 fully saturated rings. The lowest BCUT2D eigenvalue weighted by molar-refractivity contribution is 0.415. The lowest BCUT2D eigenvalue weighted by atomic mass is 9.96. The van der Waals surface area contributed by atoms with E-state index in [1.807, 2.05) is 40.9 Å². The first-order valence-corrected chi connectivity index (χ1v) is 12.0. The van der Waals surface area contributed by atoms with Crippen molar-refractivity contribution in [2.24, 2.45) is 0 Å². The molecule has 1 aliphatic heterocycles. The van der Waals surface area contributed by atoms with E-state index in [-0.39, 0.29) is 5.82 Å². The van der Waals surface area contributed by atoms with Gasteiger partial charge in [-0.05, 0) is 62.1 Å². The smallest absolute Gasteiger partial charge is 0.158 e. The Labute approximate surface area is 198 Å². The first-order chi connectivity index (χ1) is 16.7. The molecule has 0 radical (unpaired) electrons. The van der Waals surface area contributed by atoms with E-state index in [0.717, 1.165) is 67.5 Å². The lowest BCUT2D eigenvalue weighted by Gasteiger charge is -2.38. The predicted octanol–water partition coefficient (Wildman–Crippen LogP) is 4.75. The number of halogens is 1. The quantitative estimate of drug-likeness (QED) is 0.443. The second kappa shape index (κ2) is 8.63. The summed E-state index contributed by atoms with van der Waals surface area (Å²) in [5, 5.41) is 5.01. The van der Waals surface area contributed by atoms with E-state index in [2.05, 4.69) is 15.9 Å². The molecule has 3 heterocycles. The number of aromatic nitrogens is 3. The van der Waals surface area contributed by atoms with Gasteiger partial charge in [0.1, 0.15) is 17.4 Å². The third-order valence-corrected chi connectivity index (χ3v) is 7.01. The minimum atomic E-state index is -0.157. The van der Waals surface area contributed by atoms with Crippen LogP contribution in [0.1, 0.15) is 24.1 Å². The van der Waals surface area contributed by atoms with Crippen LogP contribution in [0.25, 0.3) is 16.9 Å². The van der Waals surface area contributed by atoms with Crippen LogP contribution >= 0.6 is 0 Å². The van der Waals surface area contributed by atoms with E-state index in [4.69, 9.17) is 14.8 Å². The van der Waals surface area contributed by atoms with Gasteiger partial charge in [-0.15, -0.1) is 0 Å². The first-order valence-electron chi connectivity index (χ1n) is 12.0. The number of ether oxygens (including phenoxy) is 1. The number of methoxy groups -OCH3 is 1. The van der Waals surface area contributed by atoms with Crippen molar-refractivity contribution in [1.29, 1.82) is 0 Å². The van der Waals surface area contributed by atoms with Crippen LogP contribution in [0, 0.1) is 5.82 Å². The molecule has 174 valence electrons. The standard InChI is InChI=1S/C27H28FN5O/c1-34-20-12-10-19(11-13-20)24-18-26-29-23-8-4-2-6-21(23)27(33(26)30-24)32-16-14-31(15-17-32)25-9-5-3-7-22(25)28/h3,5,7,9-13,18H,2,4,6,8,14-17H2,1H3. The Bertz CT molecular complexity index is 1330. The monoisotopic (exact) mass is 457 g/mol. The summed E-state index contributed by atoms with van der Waals surface area (Å²) in [6.45, 7) is 3.17. The number of benzene rings is 2. The minimum absolute atomic E-state index is 0.157. The normalized spacial score (nSPS) is 16.1. The summed E-state index contributed by atoms with van der Waals surface area (Å²) in [6.07, 6.45) is 4.39. The van der Waals surface area contributed by atoms with Gasteiger partial charge in [0.05, 0.1) is 18.5 Å². The fraction of sp³-hybridized carbons (Fsp3) is 0.333. The van der Waals surface area contributed by atoms with Crippen molar-refractivity contribution in [3.05, 3.63) is 71.7 Å². The molecule has 0 atom stereocenters. The van der Waals surface area contributed by atoms with Gasteiger partial charge in [-0.25, -0.2) is 9.37 Å². The Balaban J connectivity index is 1.37. The number of para-hydroxylation sites is 1. The zero-order valence-electron chi connectivity index (χ0n) is 19.4. The molecule has 6 nitrogen and oxygen atoms in total. The SMILES string of the molecule is COc1ccc(-c2cc3nc4c(c(N5CCN(c6ccccc6F)CC5)n3n2)CCCC4)cc1. The second-order valence-electron chi connectivity index (χ2n) is 9.02.